The molecule has 0 unspecified atom stereocenters. The van der Waals surface area contributed by atoms with Gasteiger partial charge >= 0.3 is 0 Å². The molecule has 0 bridgehead atoms. The van der Waals surface area contributed by atoms with E-state index in [1.165, 1.54) is 0 Å². The van der Waals surface area contributed by atoms with Gasteiger partial charge < -0.3 is 4.90 Å². The Morgan fingerprint density at radius 1 is 1.32 bits per heavy atom. The minimum Gasteiger partial charge on any atom is -0.351 e. The van der Waals surface area contributed by atoms with Crippen LogP contribution >= 0.6 is 11.3 Å². The van der Waals surface area contributed by atoms with Crippen LogP contribution in [0, 0.1) is 13.8 Å². The van der Waals surface area contributed by atoms with E-state index in [1.807, 2.05) is 37.7 Å². The summed E-state index contributed by atoms with van der Waals surface area (Å²) in [7, 11) is 2.03. The number of anilines is 1. The van der Waals surface area contributed by atoms with Crippen molar-refractivity contribution in [2.45, 2.75) is 20.4 Å². The third kappa shape index (κ3) is 2.31. The summed E-state index contributed by atoms with van der Waals surface area (Å²) in [5, 5.41) is 7.57. The Morgan fingerprint density at radius 3 is 2.89 bits per heavy atom. The summed E-state index contributed by atoms with van der Waals surface area (Å²) in [6, 6.07) is 2.05. The Labute approximate surface area is 115 Å². The van der Waals surface area contributed by atoms with Crippen LogP contribution in [0.2, 0.25) is 0 Å². The Morgan fingerprint density at radius 2 is 2.16 bits per heavy atom. The zero-order valence-corrected chi connectivity index (χ0v) is 12.0. The van der Waals surface area contributed by atoms with Gasteiger partial charge in [-0.15, -0.1) is 11.3 Å². The summed E-state index contributed by atoms with van der Waals surface area (Å²) in [6.07, 6.45) is 3.64. The van der Waals surface area contributed by atoms with Crippen LogP contribution in [-0.4, -0.2) is 26.6 Å². The van der Waals surface area contributed by atoms with Crippen LogP contribution in [0.5, 0.6) is 0 Å². The molecule has 0 aliphatic heterocycles. The first-order chi connectivity index (χ1) is 9.13. The Hall–Kier alpha value is -1.95. The molecule has 98 valence electrons. The number of hydrogen-bond donors (Lipinski definition) is 0. The number of aromatic nitrogens is 4. The SMILES string of the molecule is Cc1csc(CN(C)c2nccn3nc(C)cc23)n1. The minimum atomic E-state index is 0.759. The van der Waals surface area contributed by atoms with Gasteiger partial charge in [0.1, 0.15) is 10.5 Å². The maximum Gasteiger partial charge on any atom is 0.154 e. The predicted octanol–water partition coefficient (Wildman–Crippen LogP) is 2.44. The smallest absolute Gasteiger partial charge is 0.154 e. The van der Waals surface area contributed by atoms with Crippen LogP contribution in [0.25, 0.3) is 5.52 Å². The van der Waals surface area contributed by atoms with Gasteiger partial charge in [0.15, 0.2) is 5.82 Å². The lowest BCUT2D eigenvalue weighted by molar-refractivity contribution is 0.863. The van der Waals surface area contributed by atoms with Gasteiger partial charge in [-0.1, -0.05) is 0 Å². The number of fused-ring (bicyclic) bond motifs is 1. The number of hydrogen-bond acceptors (Lipinski definition) is 5. The first-order valence-corrected chi connectivity index (χ1v) is 6.94. The number of aryl methyl sites for hydroxylation is 2. The van der Waals surface area contributed by atoms with Crippen molar-refractivity contribution in [1.82, 2.24) is 19.6 Å². The fourth-order valence-electron chi connectivity index (χ4n) is 2.08. The molecule has 3 heterocycles. The Balaban J connectivity index is 1.94. The van der Waals surface area contributed by atoms with Crippen molar-refractivity contribution in [2.24, 2.45) is 0 Å². The van der Waals surface area contributed by atoms with E-state index in [0.29, 0.717) is 0 Å². The lowest BCUT2D eigenvalue weighted by atomic mass is 10.4. The van der Waals surface area contributed by atoms with Gasteiger partial charge in [-0.25, -0.2) is 14.5 Å². The normalized spacial score (nSPS) is 11.1. The Kier molecular flexibility index (Phi) is 2.94. The van der Waals surface area contributed by atoms with Crippen LogP contribution < -0.4 is 4.90 Å². The number of rotatable bonds is 3. The van der Waals surface area contributed by atoms with Crippen LogP contribution in [0.4, 0.5) is 5.82 Å². The molecule has 3 aromatic rings. The third-order valence-corrected chi connectivity index (χ3v) is 3.84. The molecule has 0 saturated heterocycles. The topological polar surface area (TPSA) is 46.3 Å². The summed E-state index contributed by atoms with van der Waals surface area (Å²) >= 11 is 1.68. The molecule has 0 radical (unpaired) electrons. The van der Waals surface area contributed by atoms with Crippen molar-refractivity contribution in [3.8, 4) is 0 Å². The highest BCUT2D eigenvalue weighted by molar-refractivity contribution is 7.09. The zero-order chi connectivity index (χ0) is 13.4. The molecule has 0 spiro atoms. The number of thiazole rings is 1. The molecule has 0 aromatic carbocycles. The van der Waals surface area contributed by atoms with E-state index in [9.17, 15) is 0 Å². The molecule has 5 nitrogen and oxygen atoms in total. The zero-order valence-electron chi connectivity index (χ0n) is 11.2. The van der Waals surface area contributed by atoms with E-state index >= 15 is 0 Å². The first kappa shape index (κ1) is 12.1. The monoisotopic (exact) mass is 273 g/mol. The van der Waals surface area contributed by atoms with Gasteiger partial charge in [-0.3, -0.25) is 0 Å². The average molecular weight is 273 g/mol. The average Bonchev–Trinajstić information content (AvgIpc) is 2.93. The largest absolute Gasteiger partial charge is 0.351 e. The molecule has 0 atom stereocenters. The van der Waals surface area contributed by atoms with E-state index < -0.39 is 0 Å². The first-order valence-electron chi connectivity index (χ1n) is 6.06. The summed E-state index contributed by atoms with van der Waals surface area (Å²) in [4.78, 5) is 11.1. The van der Waals surface area contributed by atoms with Crippen molar-refractivity contribution in [2.75, 3.05) is 11.9 Å². The number of nitrogens with zero attached hydrogens (tertiary/aromatic N) is 5. The van der Waals surface area contributed by atoms with Crippen molar-refractivity contribution in [3.63, 3.8) is 0 Å². The van der Waals surface area contributed by atoms with E-state index in [0.717, 1.165) is 34.3 Å². The predicted molar refractivity (Wildman–Crippen MR) is 76.7 cm³/mol. The molecule has 6 heteroatoms. The van der Waals surface area contributed by atoms with Gasteiger partial charge in [-0.05, 0) is 19.9 Å². The van der Waals surface area contributed by atoms with Gasteiger partial charge in [0.05, 0.1) is 12.2 Å². The fraction of sp³-hybridized carbons (Fsp3) is 0.308. The second-order valence-electron chi connectivity index (χ2n) is 4.61. The molecule has 19 heavy (non-hydrogen) atoms. The van der Waals surface area contributed by atoms with E-state index in [-0.39, 0.29) is 0 Å². The lowest BCUT2D eigenvalue weighted by Gasteiger charge is -2.17. The highest BCUT2D eigenvalue weighted by Crippen LogP contribution is 2.21. The fourth-order valence-corrected chi connectivity index (χ4v) is 2.90. The molecule has 0 saturated carbocycles. The summed E-state index contributed by atoms with van der Waals surface area (Å²) < 4.78 is 1.86. The molecule has 0 aliphatic rings. The second kappa shape index (κ2) is 4.62. The van der Waals surface area contributed by atoms with Crippen molar-refractivity contribution >= 4 is 22.7 Å². The standard InChI is InChI=1S/C13H15N5S/c1-9-6-11-13(14-4-5-18(11)16-9)17(3)7-12-15-10(2)8-19-12/h4-6,8H,7H2,1-3H3. The highest BCUT2D eigenvalue weighted by atomic mass is 32.1. The molecule has 0 N–H and O–H groups in total. The molecule has 3 aromatic heterocycles. The molecule has 0 amide bonds. The summed E-state index contributed by atoms with van der Waals surface area (Å²) in [5.74, 6) is 0.927. The molecular formula is C13H15N5S. The van der Waals surface area contributed by atoms with Crippen molar-refractivity contribution in [3.05, 3.63) is 40.2 Å². The van der Waals surface area contributed by atoms with Gasteiger partial charge in [0.25, 0.3) is 0 Å². The van der Waals surface area contributed by atoms with Crippen LogP contribution in [0.3, 0.4) is 0 Å². The molecule has 0 fully saturated rings. The van der Waals surface area contributed by atoms with Crippen molar-refractivity contribution in [1.29, 1.82) is 0 Å². The molecule has 0 aliphatic carbocycles. The van der Waals surface area contributed by atoms with Gasteiger partial charge in [0.2, 0.25) is 0 Å². The van der Waals surface area contributed by atoms with Crippen LogP contribution in [0.1, 0.15) is 16.4 Å². The van der Waals surface area contributed by atoms with Crippen LogP contribution in [0.15, 0.2) is 23.8 Å². The lowest BCUT2D eigenvalue weighted by Crippen LogP contribution is -2.18. The van der Waals surface area contributed by atoms with Crippen molar-refractivity contribution < 1.29 is 0 Å². The van der Waals surface area contributed by atoms with E-state index in [1.54, 1.807) is 17.5 Å². The molecular weight excluding hydrogens is 258 g/mol. The minimum absolute atomic E-state index is 0.759. The van der Waals surface area contributed by atoms with E-state index in [2.05, 4.69) is 25.3 Å². The van der Waals surface area contributed by atoms with Crippen LogP contribution in [-0.2, 0) is 6.54 Å². The Bertz CT molecular complexity index is 715. The maximum absolute atomic E-state index is 4.49. The highest BCUT2D eigenvalue weighted by Gasteiger charge is 2.11. The van der Waals surface area contributed by atoms with E-state index in [4.69, 9.17) is 0 Å². The summed E-state index contributed by atoms with van der Waals surface area (Å²) in [6.45, 7) is 4.76. The second-order valence-corrected chi connectivity index (χ2v) is 5.55. The quantitative estimate of drug-likeness (QED) is 0.735. The summed E-state index contributed by atoms with van der Waals surface area (Å²) in [5.41, 5.74) is 3.09. The molecule has 3 rings (SSSR count). The maximum atomic E-state index is 4.49. The third-order valence-electron chi connectivity index (χ3n) is 2.89. The van der Waals surface area contributed by atoms with Gasteiger partial charge in [-0.2, -0.15) is 5.10 Å². The van der Waals surface area contributed by atoms with Gasteiger partial charge in [0, 0.05) is 30.5 Å².